The smallest absolute Gasteiger partial charge is 0.247 e. The first-order valence-corrected chi connectivity index (χ1v) is 11.4. The molecule has 0 aromatic heterocycles. The van der Waals surface area contributed by atoms with Crippen molar-refractivity contribution in [2.45, 2.75) is 89.6 Å². The van der Waals surface area contributed by atoms with Crippen molar-refractivity contribution in [1.82, 2.24) is 10.6 Å². The molecule has 1 aromatic carbocycles. The summed E-state index contributed by atoms with van der Waals surface area (Å²) in [6.07, 6.45) is 9.70. The maximum Gasteiger partial charge on any atom is 0.247 e. The number of benzene rings is 1. The molecule has 0 unspecified atom stereocenters. The Morgan fingerprint density at radius 3 is 2.17 bits per heavy atom. The van der Waals surface area contributed by atoms with Gasteiger partial charge in [-0.05, 0) is 44.7 Å². The van der Waals surface area contributed by atoms with Crippen LogP contribution in [0.25, 0.3) is 0 Å². The van der Waals surface area contributed by atoms with Gasteiger partial charge in [0, 0.05) is 18.7 Å². The van der Waals surface area contributed by atoms with Gasteiger partial charge in [0.15, 0.2) is 0 Å². The number of carbonyl (C=O) groups is 3. The predicted octanol–water partition coefficient (Wildman–Crippen LogP) is 3.62. The Morgan fingerprint density at radius 1 is 0.967 bits per heavy atom. The van der Waals surface area contributed by atoms with Crippen molar-refractivity contribution in [1.29, 1.82) is 0 Å². The number of hydrogen-bond donors (Lipinski definition) is 2. The van der Waals surface area contributed by atoms with Crippen LogP contribution < -0.4 is 15.5 Å². The van der Waals surface area contributed by atoms with E-state index in [1.807, 2.05) is 31.2 Å². The lowest BCUT2D eigenvalue weighted by Crippen LogP contribution is -2.64. The molecule has 6 heteroatoms. The standard InChI is InChI=1S/C24H35N3O3/c1-18-11-13-21(14-12-18)27(22(29)17-25-19(2)28)24(15-7-4-8-16-24)23(30)26-20-9-5-3-6-10-20/h11-14,20H,3-10,15-17H2,1-2H3,(H,25,28)(H,26,30). The van der Waals surface area contributed by atoms with Gasteiger partial charge in [-0.15, -0.1) is 0 Å². The molecule has 164 valence electrons. The van der Waals surface area contributed by atoms with Gasteiger partial charge in [0.25, 0.3) is 0 Å². The molecule has 2 fully saturated rings. The van der Waals surface area contributed by atoms with E-state index in [1.165, 1.54) is 13.3 Å². The first-order chi connectivity index (χ1) is 14.4. The SMILES string of the molecule is CC(=O)NCC(=O)N(c1ccc(C)cc1)C1(C(=O)NC2CCCCC2)CCCCC1. The molecule has 0 heterocycles. The van der Waals surface area contributed by atoms with E-state index in [1.54, 1.807) is 4.90 Å². The van der Waals surface area contributed by atoms with Gasteiger partial charge in [-0.25, -0.2) is 0 Å². The second kappa shape index (κ2) is 10.1. The number of aryl methyl sites for hydroxylation is 1. The van der Waals surface area contributed by atoms with Gasteiger partial charge in [-0.2, -0.15) is 0 Å². The summed E-state index contributed by atoms with van der Waals surface area (Å²) in [6, 6.07) is 7.93. The third-order valence-electron chi connectivity index (χ3n) is 6.50. The number of nitrogens with one attached hydrogen (secondary N) is 2. The Morgan fingerprint density at radius 2 is 1.57 bits per heavy atom. The summed E-state index contributed by atoms with van der Waals surface area (Å²) in [5.74, 6) is -0.530. The average molecular weight is 414 g/mol. The zero-order valence-electron chi connectivity index (χ0n) is 18.3. The Kier molecular flexibility index (Phi) is 7.51. The largest absolute Gasteiger partial charge is 0.351 e. The fourth-order valence-electron chi connectivity index (χ4n) is 4.86. The van der Waals surface area contributed by atoms with E-state index in [0.717, 1.165) is 56.2 Å². The summed E-state index contributed by atoms with van der Waals surface area (Å²) in [4.78, 5) is 40.2. The van der Waals surface area contributed by atoms with Crippen LogP contribution in [0.3, 0.4) is 0 Å². The Hall–Kier alpha value is -2.37. The molecule has 0 atom stereocenters. The summed E-state index contributed by atoms with van der Waals surface area (Å²) < 4.78 is 0. The van der Waals surface area contributed by atoms with Crippen molar-refractivity contribution in [3.63, 3.8) is 0 Å². The van der Waals surface area contributed by atoms with Gasteiger partial charge in [0.2, 0.25) is 17.7 Å². The minimum atomic E-state index is -0.902. The summed E-state index contributed by atoms with van der Waals surface area (Å²) in [5.41, 5.74) is 0.912. The van der Waals surface area contributed by atoms with Gasteiger partial charge in [-0.1, -0.05) is 56.2 Å². The molecule has 0 radical (unpaired) electrons. The van der Waals surface area contributed by atoms with Crippen LogP contribution in [0.5, 0.6) is 0 Å². The molecule has 0 bridgehead atoms. The molecule has 3 amide bonds. The molecule has 0 saturated heterocycles. The first kappa shape index (κ1) is 22.3. The number of hydrogen-bond acceptors (Lipinski definition) is 3. The van der Waals surface area contributed by atoms with Gasteiger partial charge in [-0.3, -0.25) is 19.3 Å². The highest BCUT2D eigenvalue weighted by Gasteiger charge is 2.48. The average Bonchev–Trinajstić information content (AvgIpc) is 2.75. The van der Waals surface area contributed by atoms with Crippen LogP contribution in [0.4, 0.5) is 5.69 Å². The van der Waals surface area contributed by atoms with Gasteiger partial charge < -0.3 is 10.6 Å². The van der Waals surface area contributed by atoms with Crippen LogP contribution in [0.15, 0.2) is 24.3 Å². The molecular formula is C24H35N3O3. The molecule has 0 aliphatic heterocycles. The summed E-state index contributed by atoms with van der Waals surface area (Å²) in [7, 11) is 0. The minimum absolute atomic E-state index is 0.0362. The maximum atomic E-state index is 13.7. The van der Waals surface area contributed by atoms with E-state index in [0.29, 0.717) is 12.8 Å². The quantitative estimate of drug-likeness (QED) is 0.748. The van der Waals surface area contributed by atoms with Gasteiger partial charge >= 0.3 is 0 Å². The fourth-order valence-corrected chi connectivity index (χ4v) is 4.86. The molecule has 1 aromatic rings. The number of anilines is 1. The second-order valence-corrected chi connectivity index (χ2v) is 8.88. The molecular weight excluding hydrogens is 378 g/mol. The van der Waals surface area contributed by atoms with Crippen LogP contribution in [0, 0.1) is 6.92 Å². The Bertz CT molecular complexity index is 747. The van der Waals surface area contributed by atoms with Crippen molar-refractivity contribution < 1.29 is 14.4 Å². The third-order valence-corrected chi connectivity index (χ3v) is 6.50. The third kappa shape index (κ3) is 5.21. The molecule has 2 aliphatic rings. The van der Waals surface area contributed by atoms with Gasteiger partial charge in [0.1, 0.15) is 5.54 Å². The van der Waals surface area contributed by atoms with Crippen LogP contribution >= 0.6 is 0 Å². The zero-order chi connectivity index (χ0) is 21.6. The highest BCUT2D eigenvalue weighted by molar-refractivity contribution is 6.05. The molecule has 2 N–H and O–H groups in total. The van der Waals surface area contributed by atoms with Crippen LogP contribution in [-0.4, -0.2) is 35.8 Å². The monoisotopic (exact) mass is 413 g/mol. The summed E-state index contributed by atoms with van der Waals surface area (Å²) in [6.45, 7) is 3.29. The van der Waals surface area contributed by atoms with Crippen molar-refractivity contribution >= 4 is 23.4 Å². The molecule has 3 rings (SSSR count). The van der Waals surface area contributed by atoms with E-state index in [-0.39, 0.29) is 30.3 Å². The number of amides is 3. The number of rotatable bonds is 6. The molecule has 6 nitrogen and oxygen atoms in total. The van der Waals surface area contributed by atoms with Crippen molar-refractivity contribution in [3.05, 3.63) is 29.8 Å². The molecule has 2 aliphatic carbocycles. The Labute approximate surface area is 179 Å². The van der Waals surface area contributed by atoms with Crippen molar-refractivity contribution in [2.75, 3.05) is 11.4 Å². The van der Waals surface area contributed by atoms with Crippen LogP contribution in [-0.2, 0) is 14.4 Å². The van der Waals surface area contributed by atoms with E-state index in [4.69, 9.17) is 0 Å². The van der Waals surface area contributed by atoms with Gasteiger partial charge in [0.05, 0.1) is 6.54 Å². The van der Waals surface area contributed by atoms with E-state index < -0.39 is 5.54 Å². The molecule has 0 spiro atoms. The summed E-state index contributed by atoms with van der Waals surface area (Å²) in [5, 5.41) is 5.91. The predicted molar refractivity (Wildman–Crippen MR) is 118 cm³/mol. The highest BCUT2D eigenvalue weighted by Crippen LogP contribution is 2.38. The number of carbonyl (C=O) groups excluding carboxylic acids is 3. The second-order valence-electron chi connectivity index (χ2n) is 8.88. The lowest BCUT2D eigenvalue weighted by Gasteiger charge is -2.46. The molecule has 30 heavy (non-hydrogen) atoms. The van der Waals surface area contributed by atoms with E-state index in [2.05, 4.69) is 10.6 Å². The zero-order valence-corrected chi connectivity index (χ0v) is 18.3. The highest BCUT2D eigenvalue weighted by atomic mass is 16.2. The van der Waals surface area contributed by atoms with E-state index >= 15 is 0 Å². The van der Waals surface area contributed by atoms with E-state index in [9.17, 15) is 14.4 Å². The normalized spacial score (nSPS) is 19.0. The van der Waals surface area contributed by atoms with Crippen LogP contribution in [0.1, 0.15) is 76.7 Å². The van der Waals surface area contributed by atoms with Crippen molar-refractivity contribution in [3.8, 4) is 0 Å². The fraction of sp³-hybridized carbons (Fsp3) is 0.625. The first-order valence-electron chi connectivity index (χ1n) is 11.4. The van der Waals surface area contributed by atoms with Crippen molar-refractivity contribution in [2.24, 2.45) is 0 Å². The van der Waals surface area contributed by atoms with Crippen LogP contribution in [0.2, 0.25) is 0 Å². The minimum Gasteiger partial charge on any atom is -0.351 e. The maximum absolute atomic E-state index is 13.7. The lowest BCUT2D eigenvalue weighted by molar-refractivity contribution is -0.132. The number of nitrogens with zero attached hydrogens (tertiary/aromatic N) is 1. The topological polar surface area (TPSA) is 78.5 Å². The summed E-state index contributed by atoms with van der Waals surface area (Å²) >= 11 is 0. The Balaban J connectivity index is 1.95. The lowest BCUT2D eigenvalue weighted by atomic mass is 9.78. The molecule has 2 saturated carbocycles.